The number of hydrogen-bond donors (Lipinski definition) is 2. The molecule has 0 saturated heterocycles. The van der Waals surface area contributed by atoms with Crippen molar-refractivity contribution in [3.63, 3.8) is 0 Å². The van der Waals surface area contributed by atoms with E-state index < -0.39 is 0 Å². The third kappa shape index (κ3) is 4.12. The fraction of sp³-hybridized carbons (Fsp3) is 0.353. The van der Waals surface area contributed by atoms with Crippen molar-refractivity contribution in [2.24, 2.45) is 0 Å². The van der Waals surface area contributed by atoms with Gasteiger partial charge in [-0.05, 0) is 38.3 Å². The van der Waals surface area contributed by atoms with Crippen LogP contribution in [0.5, 0.6) is 0 Å². The molecule has 0 saturated carbocycles. The van der Waals surface area contributed by atoms with E-state index in [2.05, 4.69) is 17.4 Å². The Kier molecular flexibility index (Phi) is 5.04. The van der Waals surface area contributed by atoms with Gasteiger partial charge in [0.25, 0.3) is 5.91 Å². The monoisotopic (exact) mass is 285 g/mol. The number of nitrogens with two attached hydrogens (primary N) is 1. The molecule has 1 amide bonds. The number of rotatable bonds is 6. The minimum Gasteiger partial charge on any atom is -0.397 e. The molecule has 0 unspecified atom stereocenters. The summed E-state index contributed by atoms with van der Waals surface area (Å²) >= 11 is 0. The third-order valence-corrected chi connectivity index (χ3v) is 3.43. The van der Waals surface area contributed by atoms with Crippen LogP contribution in [0, 0.1) is 0 Å². The van der Waals surface area contributed by atoms with Crippen LogP contribution in [0.15, 0.2) is 42.6 Å². The van der Waals surface area contributed by atoms with Gasteiger partial charge in [-0.2, -0.15) is 0 Å². The van der Waals surface area contributed by atoms with Crippen molar-refractivity contribution < 1.29 is 4.79 Å². The lowest BCUT2D eigenvalue weighted by atomic mass is 10.1. The van der Waals surface area contributed by atoms with Crippen LogP contribution < -0.4 is 11.1 Å². The van der Waals surface area contributed by atoms with Gasteiger partial charge in [0.05, 0.1) is 5.69 Å². The molecule has 0 aliphatic rings. The molecule has 112 valence electrons. The molecule has 3 N–H and O–H groups in total. The number of nitrogens with zero attached hydrogens (tertiary/aromatic N) is 1. The topological polar surface area (TPSA) is 60.0 Å². The first-order valence-corrected chi connectivity index (χ1v) is 7.37. The molecule has 1 aromatic heterocycles. The Morgan fingerprint density at radius 2 is 2.00 bits per heavy atom. The summed E-state index contributed by atoms with van der Waals surface area (Å²) in [5.41, 5.74) is 8.33. The third-order valence-electron chi connectivity index (χ3n) is 3.43. The Balaban J connectivity index is 1.85. The zero-order valence-corrected chi connectivity index (χ0v) is 12.7. The van der Waals surface area contributed by atoms with Crippen molar-refractivity contribution >= 4 is 11.6 Å². The second-order valence-corrected chi connectivity index (χ2v) is 5.50. The molecular weight excluding hydrogens is 262 g/mol. The summed E-state index contributed by atoms with van der Waals surface area (Å²) in [7, 11) is 0. The second kappa shape index (κ2) is 6.97. The fourth-order valence-corrected chi connectivity index (χ4v) is 2.34. The molecule has 1 heterocycles. The van der Waals surface area contributed by atoms with Gasteiger partial charge in [0.1, 0.15) is 5.69 Å². The number of carbonyl (C=O) groups is 1. The highest BCUT2D eigenvalue weighted by molar-refractivity contribution is 5.93. The predicted octanol–water partition coefficient (Wildman–Crippen LogP) is 3.01. The summed E-state index contributed by atoms with van der Waals surface area (Å²) in [5, 5.41) is 2.96. The van der Waals surface area contributed by atoms with Gasteiger partial charge in [0.2, 0.25) is 0 Å². The summed E-state index contributed by atoms with van der Waals surface area (Å²) in [6, 6.07) is 12.2. The minimum absolute atomic E-state index is 0.0616. The van der Waals surface area contributed by atoms with E-state index in [9.17, 15) is 4.79 Å². The van der Waals surface area contributed by atoms with E-state index in [-0.39, 0.29) is 11.9 Å². The summed E-state index contributed by atoms with van der Waals surface area (Å²) in [6.45, 7) is 4.73. The van der Waals surface area contributed by atoms with Gasteiger partial charge >= 0.3 is 0 Å². The number of hydrogen-bond acceptors (Lipinski definition) is 2. The lowest BCUT2D eigenvalue weighted by Crippen LogP contribution is -2.27. The van der Waals surface area contributed by atoms with Gasteiger partial charge in [0, 0.05) is 18.8 Å². The van der Waals surface area contributed by atoms with Crippen LogP contribution in [0.2, 0.25) is 0 Å². The molecule has 0 fully saturated rings. The second-order valence-electron chi connectivity index (χ2n) is 5.50. The first-order chi connectivity index (χ1) is 10.1. The number of aromatic nitrogens is 1. The van der Waals surface area contributed by atoms with Crippen molar-refractivity contribution in [2.45, 2.75) is 32.7 Å². The maximum Gasteiger partial charge on any atom is 0.267 e. The fourth-order valence-electron chi connectivity index (χ4n) is 2.34. The molecule has 0 spiro atoms. The molecule has 0 aliphatic carbocycles. The molecule has 0 bridgehead atoms. The lowest BCUT2D eigenvalue weighted by molar-refractivity contribution is 0.0942. The Morgan fingerprint density at radius 1 is 1.29 bits per heavy atom. The standard InChI is InChI=1S/C17H23N3O/c1-13(2)20-12-15(18)11-16(20)17(21)19-10-6-9-14-7-4-3-5-8-14/h3-5,7-8,11-13H,6,9-10,18H2,1-2H3,(H,19,21). The van der Waals surface area contributed by atoms with Crippen LogP contribution >= 0.6 is 0 Å². The maximum absolute atomic E-state index is 12.2. The molecule has 0 aliphatic heterocycles. The molecule has 2 aromatic rings. The number of carbonyl (C=O) groups excluding carboxylic acids is 1. The molecule has 4 heteroatoms. The molecule has 2 rings (SSSR count). The summed E-state index contributed by atoms with van der Waals surface area (Å²) in [5.74, 6) is -0.0616. The Morgan fingerprint density at radius 3 is 2.67 bits per heavy atom. The number of benzene rings is 1. The van der Waals surface area contributed by atoms with Gasteiger partial charge in [-0.15, -0.1) is 0 Å². The van der Waals surface area contributed by atoms with E-state index in [1.165, 1.54) is 5.56 Å². The lowest BCUT2D eigenvalue weighted by Gasteiger charge is -2.12. The largest absolute Gasteiger partial charge is 0.397 e. The van der Waals surface area contributed by atoms with Crippen LogP contribution in [-0.2, 0) is 6.42 Å². The molecule has 4 nitrogen and oxygen atoms in total. The first-order valence-electron chi connectivity index (χ1n) is 7.37. The highest BCUT2D eigenvalue weighted by Gasteiger charge is 2.14. The summed E-state index contributed by atoms with van der Waals surface area (Å²) < 4.78 is 1.90. The van der Waals surface area contributed by atoms with Crippen LogP contribution in [0.4, 0.5) is 5.69 Å². The summed E-state index contributed by atoms with van der Waals surface area (Å²) in [4.78, 5) is 12.2. The van der Waals surface area contributed by atoms with E-state index in [1.807, 2.05) is 42.8 Å². The molecular formula is C17H23N3O. The molecule has 1 aromatic carbocycles. The average Bonchev–Trinajstić information content (AvgIpc) is 2.87. The van der Waals surface area contributed by atoms with E-state index in [0.29, 0.717) is 17.9 Å². The first kappa shape index (κ1) is 15.2. The number of aryl methyl sites for hydroxylation is 1. The van der Waals surface area contributed by atoms with Gasteiger partial charge in [-0.25, -0.2) is 0 Å². The van der Waals surface area contributed by atoms with Crippen molar-refractivity contribution in [1.82, 2.24) is 9.88 Å². The average molecular weight is 285 g/mol. The van der Waals surface area contributed by atoms with Gasteiger partial charge < -0.3 is 15.6 Å². The van der Waals surface area contributed by atoms with Crippen LogP contribution in [0.1, 0.15) is 42.4 Å². The highest BCUT2D eigenvalue weighted by atomic mass is 16.1. The highest BCUT2D eigenvalue weighted by Crippen LogP contribution is 2.16. The molecule has 0 radical (unpaired) electrons. The Hall–Kier alpha value is -2.23. The van der Waals surface area contributed by atoms with E-state index in [1.54, 1.807) is 6.07 Å². The number of nitrogen functional groups attached to an aromatic ring is 1. The maximum atomic E-state index is 12.2. The Labute approximate surface area is 126 Å². The summed E-state index contributed by atoms with van der Waals surface area (Å²) in [6.07, 6.45) is 3.70. The number of anilines is 1. The Bertz CT molecular complexity index is 587. The van der Waals surface area contributed by atoms with Crippen LogP contribution in [-0.4, -0.2) is 17.0 Å². The van der Waals surface area contributed by atoms with Crippen molar-refractivity contribution in [2.75, 3.05) is 12.3 Å². The minimum atomic E-state index is -0.0616. The quantitative estimate of drug-likeness (QED) is 0.801. The van der Waals surface area contributed by atoms with E-state index in [4.69, 9.17) is 5.73 Å². The van der Waals surface area contributed by atoms with Crippen molar-refractivity contribution in [3.8, 4) is 0 Å². The van der Waals surface area contributed by atoms with Crippen LogP contribution in [0.25, 0.3) is 0 Å². The number of amides is 1. The molecule has 21 heavy (non-hydrogen) atoms. The number of nitrogens with one attached hydrogen (secondary N) is 1. The normalized spacial score (nSPS) is 10.8. The molecule has 0 atom stereocenters. The predicted molar refractivity (Wildman–Crippen MR) is 86.3 cm³/mol. The van der Waals surface area contributed by atoms with Crippen molar-refractivity contribution in [3.05, 3.63) is 53.9 Å². The van der Waals surface area contributed by atoms with Gasteiger partial charge in [-0.1, -0.05) is 30.3 Å². The van der Waals surface area contributed by atoms with Gasteiger partial charge in [0.15, 0.2) is 0 Å². The smallest absolute Gasteiger partial charge is 0.267 e. The zero-order chi connectivity index (χ0) is 15.2. The van der Waals surface area contributed by atoms with E-state index in [0.717, 1.165) is 12.8 Å². The van der Waals surface area contributed by atoms with Gasteiger partial charge in [-0.3, -0.25) is 4.79 Å². The van der Waals surface area contributed by atoms with E-state index >= 15 is 0 Å². The SMILES string of the molecule is CC(C)n1cc(N)cc1C(=O)NCCCc1ccccc1. The van der Waals surface area contributed by atoms with Crippen molar-refractivity contribution in [1.29, 1.82) is 0 Å². The van der Waals surface area contributed by atoms with Crippen LogP contribution in [0.3, 0.4) is 0 Å². The zero-order valence-electron chi connectivity index (χ0n) is 12.7.